The lowest BCUT2D eigenvalue weighted by molar-refractivity contribution is -0.274. The van der Waals surface area contributed by atoms with Gasteiger partial charge < -0.3 is 4.74 Å². The topological polar surface area (TPSA) is 9.23 Å². The van der Waals surface area contributed by atoms with Gasteiger partial charge in [0.1, 0.15) is 5.75 Å². The third-order valence-electron chi connectivity index (χ3n) is 2.27. The van der Waals surface area contributed by atoms with Gasteiger partial charge in [-0.25, -0.2) is 0 Å². The number of benzene rings is 1. The lowest BCUT2D eigenvalue weighted by Crippen LogP contribution is -2.17. The molecule has 0 saturated heterocycles. The highest BCUT2D eigenvalue weighted by atomic mass is 19.4. The van der Waals surface area contributed by atoms with Gasteiger partial charge in [0.15, 0.2) is 0 Å². The highest BCUT2D eigenvalue weighted by Gasteiger charge is 2.31. The molecular weight excluding hydrogens is 205 g/mol. The van der Waals surface area contributed by atoms with Crippen molar-refractivity contribution in [2.24, 2.45) is 0 Å². The molecule has 0 aliphatic carbocycles. The first kappa shape index (κ1) is 11.9. The van der Waals surface area contributed by atoms with Gasteiger partial charge in [-0.2, -0.15) is 0 Å². The van der Waals surface area contributed by atoms with E-state index in [0.717, 1.165) is 12.0 Å². The summed E-state index contributed by atoms with van der Waals surface area (Å²) in [6, 6.07) is 6.11. The van der Waals surface area contributed by atoms with Crippen LogP contribution in [-0.2, 0) is 0 Å². The summed E-state index contributed by atoms with van der Waals surface area (Å²) in [6.45, 7) is 3.95. The molecule has 0 spiro atoms. The number of rotatable bonds is 3. The molecule has 0 bridgehead atoms. The molecule has 84 valence electrons. The summed E-state index contributed by atoms with van der Waals surface area (Å²) in [5.41, 5.74) is 0.860. The molecule has 0 amide bonds. The predicted octanol–water partition coefficient (Wildman–Crippen LogP) is 4.10. The first-order valence-corrected chi connectivity index (χ1v) is 4.78. The number of ether oxygens (including phenoxy) is 1. The molecule has 0 N–H and O–H groups in total. The lowest BCUT2D eigenvalue weighted by Gasteiger charge is -2.12. The standard InChI is InChI=1S/C11H13F3O/c1-3-8(2)9-5-4-6-10(7-9)15-11(12,13)14/h4-8H,3H2,1-2H3/t8-/m1/s1. The van der Waals surface area contributed by atoms with Crippen molar-refractivity contribution < 1.29 is 17.9 Å². The maximum absolute atomic E-state index is 11.9. The fourth-order valence-electron chi connectivity index (χ4n) is 1.25. The molecular formula is C11H13F3O. The van der Waals surface area contributed by atoms with E-state index >= 15 is 0 Å². The normalized spacial score (nSPS) is 13.7. The van der Waals surface area contributed by atoms with E-state index in [1.54, 1.807) is 12.1 Å². The Morgan fingerprint density at radius 2 is 2.00 bits per heavy atom. The largest absolute Gasteiger partial charge is 0.573 e. The Hall–Kier alpha value is -1.19. The molecule has 1 aromatic carbocycles. The van der Waals surface area contributed by atoms with Crippen molar-refractivity contribution in [2.45, 2.75) is 32.5 Å². The summed E-state index contributed by atoms with van der Waals surface area (Å²) >= 11 is 0. The fraction of sp³-hybridized carbons (Fsp3) is 0.455. The average molecular weight is 218 g/mol. The van der Waals surface area contributed by atoms with E-state index in [-0.39, 0.29) is 11.7 Å². The van der Waals surface area contributed by atoms with Gasteiger partial charge in [0.25, 0.3) is 0 Å². The van der Waals surface area contributed by atoms with Gasteiger partial charge in [-0.15, -0.1) is 13.2 Å². The van der Waals surface area contributed by atoms with Crippen LogP contribution in [0.3, 0.4) is 0 Å². The van der Waals surface area contributed by atoms with Crippen molar-refractivity contribution in [1.82, 2.24) is 0 Å². The van der Waals surface area contributed by atoms with Gasteiger partial charge in [0, 0.05) is 0 Å². The number of alkyl halides is 3. The Bertz CT molecular complexity index is 320. The zero-order valence-corrected chi connectivity index (χ0v) is 8.64. The zero-order chi connectivity index (χ0) is 11.5. The quantitative estimate of drug-likeness (QED) is 0.742. The highest BCUT2D eigenvalue weighted by Crippen LogP contribution is 2.27. The maximum atomic E-state index is 11.9. The van der Waals surface area contributed by atoms with E-state index < -0.39 is 6.36 Å². The number of hydrogen-bond acceptors (Lipinski definition) is 1. The number of hydrogen-bond donors (Lipinski definition) is 0. The second-order valence-electron chi connectivity index (χ2n) is 3.43. The van der Waals surface area contributed by atoms with Gasteiger partial charge in [-0.1, -0.05) is 26.0 Å². The zero-order valence-electron chi connectivity index (χ0n) is 8.64. The van der Waals surface area contributed by atoms with Crippen molar-refractivity contribution in [3.63, 3.8) is 0 Å². The second-order valence-corrected chi connectivity index (χ2v) is 3.43. The van der Waals surface area contributed by atoms with Crippen LogP contribution in [0.2, 0.25) is 0 Å². The minimum absolute atomic E-state index is 0.152. The summed E-state index contributed by atoms with van der Waals surface area (Å²) < 4.78 is 39.6. The molecule has 0 aliphatic rings. The lowest BCUT2D eigenvalue weighted by atomic mass is 9.99. The molecule has 0 saturated carbocycles. The molecule has 0 unspecified atom stereocenters. The van der Waals surface area contributed by atoms with Crippen LogP contribution >= 0.6 is 0 Å². The fourth-order valence-corrected chi connectivity index (χ4v) is 1.25. The average Bonchev–Trinajstić information content (AvgIpc) is 2.14. The Labute approximate surface area is 86.9 Å². The molecule has 0 radical (unpaired) electrons. The van der Waals surface area contributed by atoms with Crippen molar-refractivity contribution in [3.05, 3.63) is 29.8 Å². The summed E-state index contributed by atoms with van der Waals surface area (Å²) in [4.78, 5) is 0. The van der Waals surface area contributed by atoms with Crippen LogP contribution < -0.4 is 4.74 Å². The monoisotopic (exact) mass is 218 g/mol. The third kappa shape index (κ3) is 3.81. The van der Waals surface area contributed by atoms with E-state index in [2.05, 4.69) is 4.74 Å². The smallest absolute Gasteiger partial charge is 0.406 e. The van der Waals surface area contributed by atoms with Crippen LogP contribution in [0, 0.1) is 0 Å². The van der Waals surface area contributed by atoms with Crippen molar-refractivity contribution in [2.75, 3.05) is 0 Å². The molecule has 1 nitrogen and oxygen atoms in total. The van der Waals surface area contributed by atoms with Crippen LogP contribution in [0.1, 0.15) is 31.7 Å². The van der Waals surface area contributed by atoms with E-state index in [9.17, 15) is 13.2 Å². The number of halogens is 3. The van der Waals surface area contributed by atoms with Crippen molar-refractivity contribution in [3.8, 4) is 5.75 Å². The van der Waals surface area contributed by atoms with E-state index in [1.807, 2.05) is 13.8 Å². The minimum atomic E-state index is -4.62. The minimum Gasteiger partial charge on any atom is -0.406 e. The van der Waals surface area contributed by atoms with Gasteiger partial charge in [0.05, 0.1) is 0 Å². The Kier molecular flexibility index (Phi) is 3.61. The Morgan fingerprint density at radius 3 is 2.53 bits per heavy atom. The molecule has 0 fully saturated rings. The van der Waals surface area contributed by atoms with E-state index in [0.29, 0.717) is 0 Å². The van der Waals surface area contributed by atoms with Gasteiger partial charge in [-0.05, 0) is 30.0 Å². The molecule has 15 heavy (non-hydrogen) atoms. The SMILES string of the molecule is CC[C@@H](C)c1cccc(OC(F)(F)F)c1. The Balaban J connectivity index is 2.83. The maximum Gasteiger partial charge on any atom is 0.573 e. The van der Waals surface area contributed by atoms with Crippen LogP contribution in [0.4, 0.5) is 13.2 Å². The summed E-state index contributed by atoms with van der Waals surface area (Å²) in [5.74, 6) is 0.0853. The summed E-state index contributed by atoms with van der Waals surface area (Å²) in [6.07, 6.45) is -3.73. The Morgan fingerprint density at radius 1 is 1.33 bits per heavy atom. The molecule has 1 rings (SSSR count). The second kappa shape index (κ2) is 4.55. The van der Waals surface area contributed by atoms with Crippen LogP contribution in [0.15, 0.2) is 24.3 Å². The van der Waals surface area contributed by atoms with E-state index in [1.165, 1.54) is 12.1 Å². The molecule has 1 atom stereocenters. The molecule has 0 aromatic heterocycles. The molecule has 0 aliphatic heterocycles. The summed E-state index contributed by atoms with van der Waals surface area (Å²) in [7, 11) is 0. The van der Waals surface area contributed by atoms with Crippen molar-refractivity contribution in [1.29, 1.82) is 0 Å². The molecule has 1 aromatic rings. The van der Waals surface area contributed by atoms with Gasteiger partial charge in [0.2, 0.25) is 0 Å². The van der Waals surface area contributed by atoms with Gasteiger partial charge >= 0.3 is 6.36 Å². The van der Waals surface area contributed by atoms with Crippen LogP contribution in [-0.4, -0.2) is 6.36 Å². The third-order valence-corrected chi connectivity index (χ3v) is 2.27. The molecule has 4 heteroatoms. The predicted molar refractivity (Wildman–Crippen MR) is 51.8 cm³/mol. The summed E-state index contributed by atoms with van der Waals surface area (Å²) in [5, 5.41) is 0. The van der Waals surface area contributed by atoms with Gasteiger partial charge in [-0.3, -0.25) is 0 Å². The molecule has 0 heterocycles. The first-order chi connectivity index (χ1) is 6.92. The highest BCUT2D eigenvalue weighted by molar-refractivity contribution is 5.30. The van der Waals surface area contributed by atoms with Crippen LogP contribution in [0.25, 0.3) is 0 Å². The van der Waals surface area contributed by atoms with Crippen molar-refractivity contribution >= 4 is 0 Å². The first-order valence-electron chi connectivity index (χ1n) is 4.78. The van der Waals surface area contributed by atoms with Crippen LogP contribution in [0.5, 0.6) is 5.75 Å². The van der Waals surface area contributed by atoms with E-state index in [4.69, 9.17) is 0 Å².